The van der Waals surface area contributed by atoms with Gasteiger partial charge in [0.05, 0.1) is 20.3 Å². The van der Waals surface area contributed by atoms with Crippen LogP contribution in [0.2, 0.25) is 0 Å². The molecule has 3 N–H and O–H groups in total. The molecule has 0 heterocycles. The summed E-state index contributed by atoms with van der Waals surface area (Å²) in [6.07, 6.45) is 1.83. The van der Waals surface area contributed by atoms with Gasteiger partial charge in [-0.3, -0.25) is 4.99 Å². The highest BCUT2D eigenvalue weighted by Crippen LogP contribution is 2.27. The van der Waals surface area contributed by atoms with Crippen molar-refractivity contribution in [3.05, 3.63) is 53.6 Å². The van der Waals surface area contributed by atoms with Crippen LogP contribution in [0.3, 0.4) is 0 Å². The predicted octanol–water partition coefficient (Wildman–Crippen LogP) is 3.80. The summed E-state index contributed by atoms with van der Waals surface area (Å²) in [6.45, 7) is 5.37. The number of methoxy groups -OCH3 is 2. The zero-order valence-corrected chi connectivity index (χ0v) is 19.9. The van der Waals surface area contributed by atoms with Gasteiger partial charge in [-0.1, -0.05) is 18.2 Å². The first-order chi connectivity index (χ1) is 13.5. The van der Waals surface area contributed by atoms with Gasteiger partial charge in [-0.25, -0.2) is 0 Å². The van der Waals surface area contributed by atoms with E-state index in [9.17, 15) is 0 Å². The molecule has 0 aromatic heterocycles. The quantitative estimate of drug-likeness (QED) is 0.287. The molecule has 0 amide bonds. The second-order valence-electron chi connectivity index (χ2n) is 6.69. The molecule has 0 saturated carbocycles. The number of rotatable bonds is 10. The summed E-state index contributed by atoms with van der Waals surface area (Å²) >= 11 is 0. The van der Waals surface area contributed by atoms with Gasteiger partial charge in [-0.2, -0.15) is 0 Å². The van der Waals surface area contributed by atoms with E-state index in [0.29, 0.717) is 19.0 Å². The second kappa shape index (κ2) is 13.1. The summed E-state index contributed by atoms with van der Waals surface area (Å²) in [5.41, 5.74) is 8.30. The minimum Gasteiger partial charge on any atom is -0.493 e. The van der Waals surface area contributed by atoms with E-state index in [2.05, 4.69) is 22.4 Å². The number of benzene rings is 2. The summed E-state index contributed by atoms with van der Waals surface area (Å²) in [5, 5.41) is 3.15. The predicted molar refractivity (Wildman–Crippen MR) is 129 cm³/mol. The Bertz CT molecular complexity index is 764. The number of hydrogen-bond donors (Lipinski definition) is 2. The van der Waals surface area contributed by atoms with Crippen molar-refractivity contribution < 1.29 is 14.2 Å². The van der Waals surface area contributed by atoms with Gasteiger partial charge in [-0.05, 0) is 62.1 Å². The van der Waals surface area contributed by atoms with Crippen LogP contribution in [0.1, 0.15) is 25.0 Å². The van der Waals surface area contributed by atoms with Crippen LogP contribution in [0.4, 0.5) is 0 Å². The van der Waals surface area contributed by atoms with E-state index < -0.39 is 0 Å². The van der Waals surface area contributed by atoms with Crippen molar-refractivity contribution in [3.63, 3.8) is 0 Å². The number of aliphatic imine (C=N–C) groups is 1. The van der Waals surface area contributed by atoms with Crippen LogP contribution < -0.4 is 25.3 Å². The van der Waals surface area contributed by atoms with E-state index in [1.807, 2.05) is 44.2 Å². The lowest BCUT2D eigenvalue weighted by Gasteiger charge is -2.10. The van der Waals surface area contributed by atoms with Crippen LogP contribution in [0.25, 0.3) is 0 Å². The fourth-order valence-corrected chi connectivity index (χ4v) is 2.74. The summed E-state index contributed by atoms with van der Waals surface area (Å²) in [6, 6.07) is 14.0. The minimum absolute atomic E-state index is 0. The van der Waals surface area contributed by atoms with Crippen molar-refractivity contribution in [2.75, 3.05) is 27.3 Å². The van der Waals surface area contributed by atoms with E-state index in [4.69, 9.17) is 19.9 Å². The van der Waals surface area contributed by atoms with Gasteiger partial charge < -0.3 is 25.3 Å². The molecule has 0 unspecified atom stereocenters. The van der Waals surface area contributed by atoms with Gasteiger partial charge in [0, 0.05) is 13.1 Å². The molecule has 160 valence electrons. The lowest BCUT2D eigenvalue weighted by molar-refractivity contribution is 0.242. The van der Waals surface area contributed by atoms with Crippen LogP contribution in [0.15, 0.2) is 47.5 Å². The molecule has 0 bridgehead atoms. The van der Waals surface area contributed by atoms with E-state index in [-0.39, 0.29) is 30.1 Å². The Morgan fingerprint density at radius 2 is 1.62 bits per heavy atom. The number of hydrogen-bond acceptors (Lipinski definition) is 4. The van der Waals surface area contributed by atoms with E-state index in [1.165, 1.54) is 5.56 Å². The zero-order chi connectivity index (χ0) is 20.4. The fourth-order valence-electron chi connectivity index (χ4n) is 2.74. The molecule has 7 heteroatoms. The molecule has 0 atom stereocenters. The molecule has 0 spiro atoms. The maximum Gasteiger partial charge on any atom is 0.188 e. The van der Waals surface area contributed by atoms with Gasteiger partial charge >= 0.3 is 0 Å². The summed E-state index contributed by atoms with van der Waals surface area (Å²) < 4.78 is 16.2. The zero-order valence-electron chi connectivity index (χ0n) is 17.6. The van der Waals surface area contributed by atoms with Crippen LogP contribution >= 0.6 is 24.0 Å². The molecule has 2 aromatic carbocycles. The SMILES string of the molecule is COc1ccc(CCNC(N)=NCCc2ccc(OC(C)C)cc2)cc1OC.I. The number of nitrogens with two attached hydrogens (primary N) is 1. The van der Waals surface area contributed by atoms with Crippen LogP contribution in [-0.2, 0) is 12.8 Å². The molecule has 29 heavy (non-hydrogen) atoms. The lowest BCUT2D eigenvalue weighted by atomic mass is 10.1. The minimum atomic E-state index is 0. The first-order valence-corrected chi connectivity index (χ1v) is 9.52. The third-order valence-corrected chi connectivity index (χ3v) is 4.15. The normalized spacial score (nSPS) is 11.0. The Kier molecular flexibility index (Phi) is 11.3. The smallest absolute Gasteiger partial charge is 0.188 e. The van der Waals surface area contributed by atoms with Crippen molar-refractivity contribution in [1.82, 2.24) is 5.32 Å². The van der Waals surface area contributed by atoms with Gasteiger partial charge in [-0.15, -0.1) is 24.0 Å². The Morgan fingerprint density at radius 1 is 0.966 bits per heavy atom. The van der Waals surface area contributed by atoms with Crippen molar-refractivity contribution in [2.24, 2.45) is 10.7 Å². The summed E-state index contributed by atoms with van der Waals surface area (Å²) in [4.78, 5) is 4.39. The number of halogens is 1. The van der Waals surface area contributed by atoms with Gasteiger partial charge in [0.1, 0.15) is 5.75 Å². The average molecular weight is 513 g/mol. The van der Waals surface area contributed by atoms with E-state index >= 15 is 0 Å². The Labute approximate surface area is 190 Å². The molecule has 2 rings (SSSR count). The Balaban J connectivity index is 0.00000420. The average Bonchev–Trinajstić information content (AvgIpc) is 2.68. The lowest BCUT2D eigenvalue weighted by Crippen LogP contribution is -2.33. The second-order valence-corrected chi connectivity index (χ2v) is 6.69. The molecule has 6 nitrogen and oxygen atoms in total. The van der Waals surface area contributed by atoms with Crippen molar-refractivity contribution in [2.45, 2.75) is 32.8 Å². The summed E-state index contributed by atoms with van der Waals surface area (Å²) in [7, 11) is 3.26. The Hall–Kier alpha value is -2.16. The first kappa shape index (κ1) is 24.9. The number of nitrogens with zero attached hydrogens (tertiary/aromatic N) is 1. The van der Waals surface area contributed by atoms with Crippen molar-refractivity contribution >= 4 is 29.9 Å². The van der Waals surface area contributed by atoms with Crippen molar-refractivity contribution in [1.29, 1.82) is 0 Å². The third kappa shape index (κ3) is 8.81. The highest BCUT2D eigenvalue weighted by atomic mass is 127. The maximum absolute atomic E-state index is 5.96. The number of ether oxygens (including phenoxy) is 3. The number of nitrogens with one attached hydrogen (secondary N) is 1. The standard InChI is InChI=1S/C22H31N3O3.HI/c1-16(2)28-19-8-5-17(6-9-19)11-13-24-22(23)25-14-12-18-7-10-20(26-3)21(15-18)27-4;/h5-10,15-16H,11-14H2,1-4H3,(H3,23,24,25);1H. The van der Waals surface area contributed by atoms with E-state index in [0.717, 1.165) is 35.7 Å². The van der Waals surface area contributed by atoms with Crippen LogP contribution in [0.5, 0.6) is 17.2 Å². The van der Waals surface area contributed by atoms with Crippen molar-refractivity contribution in [3.8, 4) is 17.2 Å². The van der Waals surface area contributed by atoms with Gasteiger partial charge in [0.25, 0.3) is 0 Å². The fraction of sp³-hybridized carbons (Fsp3) is 0.409. The van der Waals surface area contributed by atoms with Crippen LogP contribution in [0, 0.1) is 0 Å². The third-order valence-electron chi connectivity index (χ3n) is 4.15. The topological polar surface area (TPSA) is 78.1 Å². The van der Waals surface area contributed by atoms with E-state index in [1.54, 1.807) is 14.2 Å². The molecular weight excluding hydrogens is 481 g/mol. The number of guanidine groups is 1. The molecule has 0 radical (unpaired) electrons. The largest absolute Gasteiger partial charge is 0.493 e. The molecule has 2 aromatic rings. The molecular formula is C22H32IN3O3. The monoisotopic (exact) mass is 513 g/mol. The van der Waals surface area contributed by atoms with Crippen LogP contribution in [-0.4, -0.2) is 39.4 Å². The maximum atomic E-state index is 5.96. The first-order valence-electron chi connectivity index (χ1n) is 9.52. The Morgan fingerprint density at radius 3 is 2.24 bits per heavy atom. The highest BCUT2D eigenvalue weighted by Gasteiger charge is 2.04. The molecule has 0 fully saturated rings. The highest BCUT2D eigenvalue weighted by molar-refractivity contribution is 14.0. The summed E-state index contributed by atoms with van der Waals surface area (Å²) in [5.74, 6) is 2.80. The molecule has 0 aliphatic rings. The van der Waals surface area contributed by atoms with Gasteiger partial charge in [0.15, 0.2) is 17.5 Å². The molecule has 0 saturated heterocycles. The van der Waals surface area contributed by atoms with Gasteiger partial charge in [0.2, 0.25) is 0 Å². The molecule has 0 aliphatic carbocycles. The molecule has 0 aliphatic heterocycles.